The topological polar surface area (TPSA) is 88.3 Å². The minimum Gasteiger partial charge on any atom is -0.434 e. The van der Waals surface area contributed by atoms with Gasteiger partial charge >= 0.3 is 12.1 Å². The highest BCUT2D eigenvalue weighted by Crippen LogP contribution is 2.61. The van der Waals surface area contributed by atoms with Gasteiger partial charge in [-0.3, -0.25) is 0 Å². The van der Waals surface area contributed by atoms with E-state index in [1.165, 1.54) is 0 Å². The quantitative estimate of drug-likeness (QED) is 0.424. The lowest BCUT2D eigenvalue weighted by atomic mass is 9.86. The SMILES string of the molecule is CCOC(=O)OC(=O)[C@]12O[C@@H]1C(C)(C)N([O])C2(C)C. The molecule has 2 rings (SSSR count). The van der Waals surface area contributed by atoms with E-state index in [0.717, 1.165) is 5.06 Å². The van der Waals surface area contributed by atoms with Gasteiger partial charge in [0.1, 0.15) is 6.10 Å². The van der Waals surface area contributed by atoms with E-state index in [-0.39, 0.29) is 6.61 Å². The standard InChI is InChI=1S/C12H18NO6/c1-6-17-9(15)18-8(14)12-7(19-12)10(2,3)13(16)11(12,4)5/h7H,6H2,1-5H3/t7-,12-/m1/s1. The number of epoxide rings is 1. The molecule has 2 saturated heterocycles. The first-order valence-corrected chi connectivity index (χ1v) is 6.16. The lowest BCUT2D eigenvalue weighted by Gasteiger charge is -2.36. The number of fused-ring (bicyclic) bond motifs is 1. The molecule has 2 aliphatic heterocycles. The molecule has 0 aromatic rings. The van der Waals surface area contributed by atoms with Crippen LogP contribution in [0.4, 0.5) is 4.79 Å². The lowest BCUT2D eigenvalue weighted by Crippen LogP contribution is -2.55. The molecule has 0 aromatic carbocycles. The average molecular weight is 272 g/mol. The molecule has 7 heteroatoms. The maximum Gasteiger partial charge on any atom is 0.516 e. The molecule has 0 aromatic heterocycles. The van der Waals surface area contributed by atoms with E-state index in [9.17, 15) is 14.8 Å². The van der Waals surface area contributed by atoms with Gasteiger partial charge < -0.3 is 14.2 Å². The highest BCUT2D eigenvalue weighted by Gasteiger charge is 2.85. The Morgan fingerprint density at radius 2 is 1.84 bits per heavy atom. The van der Waals surface area contributed by atoms with Gasteiger partial charge in [-0.15, -0.1) is 10.3 Å². The lowest BCUT2D eigenvalue weighted by molar-refractivity contribution is -0.276. The van der Waals surface area contributed by atoms with Crippen LogP contribution in [0.3, 0.4) is 0 Å². The Labute approximate surface area is 111 Å². The first-order valence-electron chi connectivity index (χ1n) is 6.16. The summed E-state index contributed by atoms with van der Waals surface area (Å²) in [6, 6.07) is 0. The fourth-order valence-corrected chi connectivity index (χ4v) is 2.94. The molecule has 2 fully saturated rings. The monoisotopic (exact) mass is 272 g/mol. The summed E-state index contributed by atoms with van der Waals surface area (Å²) in [6.07, 6.45) is -1.66. The van der Waals surface area contributed by atoms with Crippen molar-refractivity contribution in [2.45, 2.75) is 57.4 Å². The molecule has 2 aliphatic rings. The van der Waals surface area contributed by atoms with Crippen LogP contribution in [0.1, 0.15) is 34.6 Å². The van der Waals surface area contributed by atoms with Crippen molar-refractivity contribution in [3.05, 3.63) is 0 Å². The molecular weight excluding hydrogens is 254 g/mol. The zero-order valence-corrected chi connectivity index (χ0v) is 11.7. The molecule has 0 spiro atoms. The van der Waals surface area contributed by atoms with Gasteiger partial charge in [0.15, 0.2) is 0 Å². The molecule has 2 heterocycles. The van der Waals surface area contributed by atoms with Gasteiger partial charge in [0.05, 0.1) is 17.7 Å². The van der Waals surface area contributed by atoms with Crippen LogP contribution in [0.15, 0.2) is 0 Å². The summed E-state index contributed by atoms with van der Waals surface area (Å²) in [5, 5.41) is 13.1. The van der Waals surface area contributed by atoms with Crippen LogP contribution in [-0.2, 0) is 24.2 Å². The van der Waals surface area contributed by atoms with Crippen molar-refractivity contribution in [1.29, 1.82) is 0 Å². The summed E-state index contributed by atoms with van der Waals surface area (Å²) >= 11 is 0. The molecule has 0 saturated carbocycles. The largest absolute Gasteiger partial charge is 0.516 e. The van der Waals surface area contributed by atoms with Crippen LogP contribution >= 0.6 is 0 Å². The molecule has 107 valence electrons. The number of rotatable bonds is 2. The van der Waals surface area contributed by atoms with Crippen molar-refractivity contribution < 1.29 is 29.0 Å². The van der Waals surface area contributed by atoms with Crippen molar-refractivity contribution in [1.82, 2.24) is 5.06 Å². The zero-order valence-electron chi connectivity index (χ0n) is 11.7. The van der Waals surface area contributed by atoms with Crippen LogP contribution < -0.4 is 0 Å². The number of hydroxylamine groups is 2. The van der Waals surface area contributed by atoms with E-state index < -0.39 is 34.9 Å². The van der Waals surface area contributed by atoms with E-state index in [2.05, 4.69) is 9.47 Å². The Morgan fingerprint density at radius 3 is 2.26 bits per heavy atom. The molecule has 19 heavy (non-hydrogen) atoms. The van der Waals surface area contributed by atoms with Crippen LogP contribution in [0.25, 0.3) is 0 Å². The normalized spacial score (nSPS) is 34.5. The Hall–Kier alpha value is -1.18. The number of esters is 1. The Bertz CT molecular complexity index is 432. The third kappa shape index (κ3) is 1.62. The van der Waals surface area contributed by atoms with Crippen molar-refractivity contribution >= 4 is 12.1 Å². The minimum absolute atomic E-state index is 0.103. The summed E-state index contributed by atoms with van der Waals surface area (Å²) in [7, 11) is 0. The van der Waals surface area contributed by atoms with Crippen molar-refractivity contribution in [3.8, 4) is 0 Å². The van der Waals surface area contributed by atoms with Gasteiger partial charge in [-0.25, -0.2) is 9.59 Å². The predicted molar refractivity (Wildman–Crippen MR) is 61.4 cm³/mol. The summed E-state index contributed by atoms with van der Waals surface area (Å²) in [5.74, 6) is -0.868. The summed E-state index contributed by atoms with van der Waals surface area (Å²) in [4.78, 5) is 23.3. The first kappa shape index (κ1) is 14.2. The Morgan fingerprint density at radius 1 is 1.26 bits per heavy atom. The number of hydrogen-bond acceptors (Lipinski definition) is 6. The Balaban J connectivity index is 2.22. The Kier molecular flexibility index (Phi) is 2.93. The second-order valence-corrected chi connectivity index (χ2v) is 5.81. The van der Waals surface area contributed by atoms with E-state index in [1.807, 2.05) is 0 Å². The van der Waals surface area contributed by atoms with E-state index >= 15 is 0 Å². The minimum atomic E-state index is -1.40. The molecule has 0 amide bonds. The summed E-state index contributed by atoms with van der Waals surface area (Å²) < 4.78 is 14.6. The number of carbonyl (C=O) groups excluding carboxylic acids is 2. The fourth-order valence-electron chi connectivity index (χ4n) is 2.94. The van der Waals surface area contributed by atoms with Gasteiger partial charge in [-0.1, -0.05) is 0 Å². The third-order valence-corrected chi connectivity index (χ3v) is 3.94. The molecule has 7 nitrogen and oxygen atoms in total. The first-order chi connectivity index (χ1) is 8.62. The fraction of sp³-hybridized carbons (Fsp3) is 0.833. The maximum absolute atomic E-state index is 12.2. The van der Waals surface area contributed by atoms with Crippen molar-refractivity contribution in [2.24, 2.45) is 0 Å². The van der Waals surface area contributed by atoms with Gasteiger partial charge in [-0.2, -0.15) is 0 Å². The van der Waals surface area contributed by atoms with Crippen LogP contribution in [-0.4, -0.2) is 46.6 Å². The number of carbonyl (C=O) groups is 2. The van der Waals surface area contributed by atoms with Crippen LogP contribution in [0.5, 0.6) is 0 Å². The number of morpholine rings is 1. The van der Waals surface area contributed by atoms with E-state index in [4.69, 9.17) is 4.74 Å². The average Bonchev–Trinajstić information content (AvgIpc) is 3.02. The van der Waals surface area contributed by atoms with Gasteiger partial charge in [0, 0.05) is 0 Å². The van der Waals surface area contributed by atoms with Crippen LogP contribution in [0.2, 0.25) is 0 Å². The molecule has 0 aliphatic carbocycles. The van der Waals surface area contributed by atoms with Gasteiger partial charge in [0.25, 0.3) is 0 Å². The molecule has 0 bridgehead atoms. The predicted octanol–water partition coefficient (Wildman–Crippen LogP) is 1.04. The molecule has 2 atom stereocenters. The molecular formula is C12H18NO6. The maximum atomic E-state index is 12.2. The van der Waals surface area contributed by atoms with E-state index in [1.54, 1.807) is 34.6 Å². The highest BCUT2D eigenvalue weighted by molar-refractivity contribution is 5.93. The highest BCUT2D eigenvalue weighted by atomic mass is 16.8. The van der Waals surface area contributed by atoms with Gasteiger partial charge in [0.2, 0.25) is 5.60 Å². The van der Waals surface area contributed by atoms with Crippen LogP contribution in [0, 0.1) is 0 Å². The number of nitrogens with zero attached hydrogens (tertiary/aromatic N) is 1. The number of ether oxygens (including phenoxy) is 3. The van der Waals surface area contributed by atoms with Crippen molar-refractivity contribution in [3.63, 3.8) is 0 Å². The second kappa shape index (κ2) is 3.91. The van der Waals surface area contributed by atoms with Crippen molar-refractivity contribution in [2.75, 3.05) is 6.61 Å². The number of hydrogen-bond donors (Lipinski definition) is 0. The molecule has 1 radical (unpaired) electrons. The third-order valence-electron chi connectivity index (χ3n) is 3.94. The summed E-state index contributed by atoms with van der Waals surface area (Å²) in [5.41, 5.74) is -3.35. The second-order valence-electron chi connectivity index (χ2n) is 5.81. The van der Waals surface area contributed by atoms with E-state index in [0.29, 0.717) is 0 Å². The zero-order chi connectivity index (χ0) is 14.6. The van der Waals surface area contributed by atoms with Gasteiger partial charge in [-0.05, 0) is 34.6 Å². The smallest absolute Gasteiger partial charge is 0.434 e. The molecule has 0 unspecified atom stereocenters. The molecule has 0 N–H and O–H groups in total. The summed E-state index contributed by atoms with van der Waals surface area (Å²) in [6.45, 7) is 8.29.